The van der Waals surface area contributed by atoms with Gasteiger partial charge in [-0.25, -0.2) is 0 Å². The largest absolute Gasteiger partial charge is 0.297 e. The van der Waals surface area contributed by atoms with Crippen LogP contribution in [0.4, 0.5) is 0 Å². The Kier molecular flexibility index (Phi) is 3.95. The van der Waals surface area contributed by atoms with E-state index in [0.717, 1.165) is 13.0 Å². The minimum absolute atomic E-state index is 0.328. The van der Waals surface area contributed by atoms with E-state index in [9.17, 15) is 0 Å². The van der Waals surface area contributed by atoms with E-state index < -0.39 is 0 Å². The van der Waals surface area contributed by atoms with Gasteiger partial charge < -0.3 is 0 Å². The molecule has 1 nitrogen and oxygen atoms in total. The maximum Gasteiger partial charge on any atom is 0.0433 e. The zero-order chi connectivity index (χ0) is 9.83. The van der Waals surface area contributed by atoms with E-state index >= 15 is 0 Å². The van der Waals surface area contributed by atoms with E-state index in [2.05, 4.69) is 52.7 Å². The minimum Gasteiger partial charge on any atom is -0.297 e. The maximum absolute atomic E-state index is 4.40. The Bertz CT molecular complexity index is 125. The molecule has 0 fully saturated rings. The molecular formula is C11H23N. The van der Waals surface area contributed by atoms with E-state index in [1.165, 1.54) is 0 Å². The summed E-state index contributed by atoms with van der Waals surface area (Å²) in [6.45, 7) is 14.3. The van der Waals surface area contributed by atoms with Crippen molar-refractivity contribution >= 4 is 6.21 Å². The summed E-state index contributed by atoms with van der Waals surface area (Å²) in [6, 6.07) is 0. The van der Waals surface area contributed by atoms with Gasteiger partial charge in [-0.2, -0.15) is 0 Å². The van der Waals surface area contributed by atoms with Gasteiger partial charge in [-0.3, -0.25) is 4.99 Å². The zero-order valence-corrected chi connectivity index (χ0v) is 9.44. The molecule has 0 aromatic carbocycles. The van der Waals surface area contributed by atoms with E-state index in [-0.39, 0.29) is 0 Å². The van der Waals surface area contributed by atoms with Crippen LogP contribution in [0, 0.1) is 10.8 Å². The second kappa shape index (κ2) is 4.06. The molecule has 0 rings (SSSR count). The van der Waals surface area contributed by atoms with Gasteiger partial charge in [0.15, 0.2) is 0 Å². The molecule has 0 aliphatic heterocycles. The van der Waals surface area contributed by atoms with Crippen LogP contribution in [0.15, 0.2) is 4.99 Å². The average Bonchev–Trinajstić information content (AvgIpc) is 1.76. The second-order valence-corrected chi connectivity index (χ2v) is 5.85. The topological polar surface area (TPSA) is 12.4 Å². The Morgan fingerprint density at radius 3 is 1.75 bits per heavy atom. The van der Waals surface area contributed by atoms with Gasteiger partial charge in [0.1, 0.15) is 0 Å². The fraction of sp³-hybridized carbons (Fsp3) is 0.909. The van der Waals surface area contributed by atoms with Crippen LogP contribution < -0.4 is 0 Å². The molecule has 0 aliphatic carbocycles. The quantitative estimate of drug-likeness (QED) is 0.561. The van der Waals surface area contributed by atoms with Gasteiger partial charge in [0.2, 0.25) is 0 Å². The molecule has 0 atom stereocenters. The van der Waals surface area contributed by atoms with Gasteiger partial charge in [0.05, 0.1) is 0 Å². The summed E-state index contributed by atoms with van der Waals surface area (Å²) >= 11 is 0. The molecule has 0 amide bonds. The highest BCUT2D eigenvalue weighted by atomic mass is 14.7. The third-order valence-electron chi connectivity index (χ3n) is 1.40. The summed E-state index contributed by atoms with van der Waals surface area (Å²) in [5.41, 5.74) is 0.704. The van der Waals surface area contributed by atoms with Crippen LogP contribution >= 0.6 is 0 Å². The molecule has 0 bridgehead atoms. The van der Waals surface area contributed by atoms with Gasteiger partial charge in [-0.05, 0) is 23.5 Å². The summed E-state index contributed by atoms with van der Waals surface area (Å²) in [7, 11) is 0. The highest BCUT2D eigenvalue weighted by Crippen LogP contribution is 2.17. The van der Waals surface area contributed by atoms with E-state index in [0.29, 0.717) is 10.8 Å². The third kappa shape index (κ3) is 9.67. The molecule has 0 heterocycles. The Balaban J connectivity index is 3.66. The lowest BCUT2D eigenvalue weighted by Crippen LogP contribution is -2.10. The molecule has 0 spiro atoms. The predicted molar refractivity (Wildman–Crippen MR) is 56.9 cm³/mol. The summed E-state index contributed by atoms with van der Waals surface area (Å²) < 4.78 is 0. The SMILES string of the molecule is CC(C)(C)CC=NCC(C)(C)C. The molecule has 0 N–H and O–H groups in total. The Morgan fingerprint density at radius 2 is 1.42 bits per heavy atom. The first-order valence-electron chi connectivity index (χ1n) is 4.69. The molecule has 0 aromatic heterocycles. The van der Waals surface area contributed by atoms with Crippen LogP contribution in [0.3, 0.4) is 0 Å². The van der Waals surface area contributed by atoms with Crippen LogP contribution in [0.5, 0.6) is 0 Å². The molecule has 72 valence electrons. The molecule has 0 unspecified atom stereocenters. The zero-order valence-electron chi connectivity index (χ0n) is 9.44. The molecule has 0 radical (unpaired) electrons. The standard InChI is InChI=1S/C11H23N/c1-10(2,3)7-8-12-9-11(4,5)6/h8H,7,9H2,1-6H3. The van der Waals surface area contributed by atoms with Crippen molar-refractivity contribution < 1.29 is 0 Å². The lowest BCUT2D eigenvalue weighted by atomic mass is 9.93. The first-order chi connectivity index (χ1) is 5.21. The minimum atomic E-state index is 0.328. The average molecular weight is 169 g/mol. The van der Waals surface area contributed by atoms with Crippen molar-refractivity contribution in [1.82, 2.24) is 0 Å². The Morgan fingerprint density at radius 1 is 0.917 bits per heavy atom. The predicted octanol–water partition coefficient (Wildman–Crippen LogP) is 3.54. The van der Waals surface area contributed by atoms with Crippen LogP contribution in [0.2, 0.25) is 0 Å². The molecule has 0 aromatic rings. The van der Waals surface area contributed by atoms with Crippen molar-refractivity contribution in [2.24, 2.45) is 15.8 Å². The third-order valence-corrected chi connectivity index (χ3v) is 1.40. The van der Waals surface area contributed by atoms with Crippen molar-refractivity contribution in [3.8, 4) is 0 Å². The number of hydrogen-bond donors (Lipinski definition) is 0. The van der Waals surface area contributed by atoms with Gasteiger partial charge in [-0.15, -0.1) is 0 Å². The van der Waals surface area contributed by atoms with Crippen LogP contribution in [-0.2, 0) is 0 Å². The van der Waals surface area contributed by atoms with Gasteiger partial charge in [0, 0.05) is 6.54 Å². The smallest absolute Gasteiger partial charge is 0.0433 e. The van der Waals surface area contributed by atoms with Crippen LogP contribution in [0.1, 0.15) is 48.0 Å². The highest BCUT2D eigenvalue weighted by molar-refractivity contribution is 5.58. The van der Waals surface area contributed by atoms with Crippen molar-refractivity contribution in [2.45, 2.75) is 48.0 Å². The van der Waals surface area contributed by atoms with Crippen molar-refractivity contribution in [3.63, 3.8) is 0 Å². The molecule has 1 heteroatoms. The number of nitrogens with zero attached hydrogens (tertiary/aromatic N) is 1. The highest BCUT2D eigenvalue weighted by Gasteiger charge is 2.09. The first kappa shape index (κ1) is 11.7. The van der Waals surface area contributed by atoms with E-state index in [1.807, 2.05) is 0 Å². The second-order valence-electron chi connectivity index (χ2n) is 5.85. The van der Waals surface area contributed by atoms with Crippen molar-refractivity contribution in [2.75, 3.05) is 6.54 Å². The van der Waals surface area contributed by atoms with Crippen LogP contribution in [0.25, 0.3) is 0 Å². The Hall–Kier alpha value is -0.330. The lowest BCUT2D eigenvalue weighted by Gasteiger charge is -2.16. The fourth-order valence-corrected chi connectivity index (χ4v) is 0.677. The number of aliphatic imine (C=N–C) groups is 1. The van der Waals surface area contributed by atoms with Crippen molar-refractivity contribution in [1.29, 1.82) is 0 Å². The molecular weight excluding hydrogens is 146 g/mol. The first-order valence-corrected chi connectivity index (χ1v) is 4.69. The molecule has 0 saturated carbocycles. The number of rotatable bonds is 2. The van der Waals surface area contributed by atoms with Gasteiger partial charge in [0.25, 0.3) is 0 Å². The van der Waals surface area contributed by atoms with E-state index in [4.69, 9.17) is 0 Å². The fourth-order valence-electron chi connectivity index (χ4n) is 0.677. The molecule has 12 heavy (non-hydrogen) atoms. The summed E-state index contributed by atoms with van der Waals surface area (Å²) in [5, 5.41) is 0. The normalized spacial score (nSPS) is 14.2. The molecule has 0 saturated heterocycles. The number of hydrogen-bond acceptors (Lipinski definition) is 1. The molecule has 0 aliphatic rings. The monoisotopic (exact) mass is 169 g/mol. The summed E-state index contributed by atoms with van der Waals surface area (Å²) in [6.07, 6.45) is 3.13. The summed E-state index contributed by atoms with van der Waals surface area (Å²) in [4.78, 5) is 4.40. The van der Waals surface area contributed by atoms with Gasteiger partial charge in [-0.1, -0.05) is 41.5 Å². The lowest BCUT2D eigenvalue weighted by molar-refractivity contribution is 0.421. The Labute approximate surface area is 77.3 Å². The van der Waals surface area contributed by atoms with Gasteiger partial charge >= 0.3 is 0 Å². The maximum atomic E-state index is 4.40. The van der Waals surface area contributed by atoms with E-state index in [1.54, 1.807) is 0 Å². The van der Waals surface area contributed by atoms with Crippen LogP contribution in [-0.4, -0.2) is 12.8 Å². The van der Waals surface area contributed by atoms with Crippen molar-refractivity contribution in [3.05, 3.63) is 0 Å². The summed E-state index contributed by atoms with van der Waals surface area (Å²) in [5.74, 6) is 0.